The van der Waals surface area contributed by atoms with Gasteiger partial charge >= 0.3 is 0 Å². The van der Waals surface area contributed by atoms with Crippen molar-refractivity contribution in [3.05, 3.63) is 17.5 Å². The molecule has 21 heavy (non-hydrogen) atoms. The third-order valence-electron chi connectivity index (χ3n) is 4.67. The fraction of sp³-hybridized carbons (Fsp3) is 0.733. The maximum atomic E-state index is 12.5. The Balaban J connectivity index is 1.60. The van der Waals surface area contributed by atoms with Gasteiger partial charge in [-0.15, -0.1) is 11.3 Å². The van der Waals surface area contributed by atoms with Crippen molar-refractivity contribution < 1.29 is 8.42 Å². The van der Waals surface area contributed by atoms with E-state index in [-0.39, 0.29) is 0 Å². The molecular weight excluding hydrogens is 304 g/mol. The number of likely N-dealkylation sites (tertiary alicyclic amines) is 1. The monoisotopic (exact) mass is 328 g/mol. The molecule has 6 heteroatoms. The smallest absolute Gasteiger partial charge is 0.252 e. The van der Waals surface area contributed by atoms with Crippen LogP contribution in [0.4, 0.5) is 0 Å². The zero-order chi connectivity index (χ0) is 14.7. The summed E-state index contributed by atoms with van der Waals surface area (Å²) in [5, 5.41) is 1.83. The topological polar surface area (TPSA) is 40.6 Å². The van der Waals surface area contributed by atoms with Crippen molar-refractivity contribution in [2.75, 3.05) is 26.2 Å². The molecule has 0 unspecified atom stereocenters. The van der Waals surface area contributed by atoms with Gasteiger partial charge in [-0.3, -0.25) is 0 Å². The number of rotatable bonds is 3. The fourth-order valence-corrected chi connectivity index (χ4v) is 6.06. The molecular formula is C15H24N2O2S2. The molecule has 118 valence electrons. The number of nitrogens with zero attached hydrogens (tertiary/aromatic N) is 2. The molecule has 4 nitrogen and oxygen atoms in total. The van der Waals surface area contributed by atoms with E-state index < -0.39 is 10.0 Å². The van der Waals surface area contributed by atoms with Crippen LogP contribution in [-0.4, -0.2) is 49.8 Å². The van der Waals surface area contributed by atoms with E-state index in [1.165, 1.54) is 50.1 Å². The first-order valence-electron chi connectivity index (χ1n) is 7.95. The summed E-state index contributed by atoms with van der Waals surface area (Å²) in [4.78, 5) is 2.60. The molecule has 0 aliphatic carbocycles. The minimum Gasteiger partial charge on any atom is -0.300 e. The van der Waals surface area contributed by atoms with Crippen LogP contribution in [0, 0.1) is 0 Å². The Morgan fingerprint density at radius 1 is 1.00 bits per heavy atom. The molecule has 2 aliphatic rings. The zero-order valence-electron chi connectivity index (χ0n) is 12.4. The molecule has 1 aromatic heterocycles. The lowest BCUT2D eigenvalue weighted by atomic mass is 10.0. The van der Waals surface area contributed by atoms with E-state index in [1.54, 1.807) is 10.4 Å². The maximum Gasteiger partial charge on any atom is 0.252 e. The third-order valence-corrected chi connectivity index (χ3v) is 7.94. The fourth-order valence-electron chi connectivity index (χ4n) is 3.45. The summed E-state index contributed by atoms with van der Waals surface area (Å²) >= 11 is 1.32. The first-order valence-corrected chi connectivity index (χ1v) is 10.3. The lowest BCUT2D eigenvalue weighted by Gasteiger charge is -2.37. The number of hydrogen-bond acceptors (Lipinski definition) is 4. The second-order valence-corrected chi connectivity index (χ2v) is 9.13. The molecule has 1 aromatic rings. The molecule has 0 saturated carbocycles. The van der Waals surface area contributed by atoms with Gasteiger partial charge in [0.15, 0.2) is 0 Å². The van der Waals surface area contributed by atoms with Gasteiger partial charge < -0.3 is 4.90 Å². The summed E-state index contributed by atoms with van der Waals surface area (Å²) in [5.41, 5.74) is 0. The summed E-state index contributed by atoms with van der Waals surface area (Å²) in [6, 6.07) is 4.10. The van der Waals surface area contributed by atoms with E-state index in [1.807, 2.05) is 11.4 Å². The Bertz CT molecular complexity index is 526. The van der Waals surface area contributed by atoms with Crippen LogP contribution in [0.25, 0.3) is 0 Å². The molecule has 0 aromatic carbocycles. The minimum atomic E-state index is -3.25. The van der Waals surface area contributed by atoms with Gasteiger partial charge in [0, 0.05) is 19.1 Å². The van der Waals surface area contributed by atoms with Crippen molar-refractivity contribution in [2.45, 2.75) is 48.8 Å². The SMILES string of the molecule is O=S(=O)(c1cccs1)N1CCC(N2CCCCCC2)CC1. The third kappa shape index (κ3) is 3.50. The van der Waals surface area contributed by atoms with Crippen molar-refractivity contribution in [1.82, 2.24) is 9.21 Å². The van der Waals surface area contributed by atoms with Gasteiger partial charge in [0.1, 0.15) is 4.21 Å². The summed E-state index contributed by atoms with van der Waals surface area (Å²) in [7, 11) is -3.25. The summed E-state index contributed by atoms with van der Waals surface area (Å²) < 4.78 is 27.2. The Morgan fingerprint density at radius 2 is 1.67 bits per heavy atom. The van der Waals surface area contributed by atoms with E-state index in [4.69, 9.17) is 0 Å². The average Bonchev–Trinajstić information content (AvgIpc) is 2.91. The molecule has 0 spiro atoms. The number of thiophene rings is 1. The molecule has 0 bridgehead atoms. The lowest BCUT2D eigenvalue weighted by molar-refractivity contribution is 0.144. The molecule has 0 atom stereocenters. The van der Waals surface area contributed by atoms with Gasteiger partial charge in [-0.1, -0.05) is 18.9 Å². The highest BCUT2D eigenvalue weighted by Gasteiger charge is 2.32. The summed E-state index contributed by atoms with van der Waals surface area (Å²) in [6.45, 7) is 3.73. The predicted octanol–water partition coefficient (Wildman–Crippen LogP) is 2.78. The van der Waals surface area contributed by atoms with Crippen molar-refractivity contribution in [3.8, 4) is 0 Å². The standard InChI is InChI=1S/C15H24N2O2S2/c18-21(19,15-6-5-13-20-15)17-11-7-14(8-12-17)16-9-3-1-2-4-10-16/h5-6,13-14H,1-4,7-12H2. The van der Waals surface area contributed by atoms with E-state index in [9.17, 15) is 8.42 Å². The zero-order valence-corrected chi connectivity index (χ0v) is 14.0. The van der Waals surface area contributed by atoms with Gasteiger partial charge in [-0.05, 0) is 50.2 Å². The first-order chi connectivity index (χ1) is 10.2. The second-order valence-electron chi connectivity index (χ2n) is 6.02. The van der Waals surface area contributed by atoms with E-state index in [0.29, 0.717) is 23.3 Å². The average molecular weight is 329 g/mol. The Kier molecular flexibility index (Phi) is 4.99. The molecule has 3 rings (SSSR count). The Labute approximate surface area is 131 Å². The normalized spacial score (nSPS) is 24.0. The highest BCUT2D eigenvalue weighted by Crippen LogP contribution is 2.26. The van der Waals surface area contributed by atoms with Crippen LogP contribution in [0.2, 0.25) is 0 Å². The van der Waals surface area contributed by atoms with Crippen LogP contribution in [0.3, 0.4) is 0 Å². The van der Waals surface area contributed by atoms with Gasteiger partial charge in [0.05, 0.1) is 0 Å². The van der Waals surface area contributed by atoms with Gasteiger partial charge in [-0.25, -0.2) is 8.42 Å². The molecule has 3 heterocycles. The van der Waals surface area contributed by atoms with Crippen LogP contribution < -0.4 is 0 Å². The quantitative estimate of drug-likeness (QED) is 0.857. The van der Waals surface area contributed by atoms with Gasteiger partial charge in [0.25, 0.3) is 10.0 Å². The number of hydrogen-bond donors (Lipinski definition) is 0. The molecule has 2 aliphatic heterocycles. The molecule has 0 radical (unpaired) electrons. The van der Waals surface area contributed by atoms with Crippen molar-refractivity contribution in [2.24, 2.45) is 0 Å². The maximum absolute atomic E-state index is 12.5. The highest BCUT2D eigenvalue weighted by molar-refractivity contribution is 7.91. The Hall–Kier alpha value is -0.430. The van der Waals surface area contributed by atoms with Crippen LogP contribution >= 0.6 is 11.3 Å². The van der Waals surface area contributed by atoms with E-state index in [2.05, 4.69) is 4.90 Å². The van der Waals surface area contributed by atoms with Crippen LogP contribution in [0.15, 0.2) is 21.7 Å². The van der Waals surface area contributed by atoms with Crippen LogP contribution in [0.5, 0.6) is 0 Å². The lowest BCUT2D eigenvalue weighted by Crippen LogP contribution is -2.46. The van der Waals surface area contributed by atoms with E-state index in [0.717, 1.165) is 12.8 Å². The second kappa shape index (κ2) is 6.77. The largest absolute Gasteiger partial charge is 0.300 e. The van der Waals surface area contributed by atoms with Gasteiger partial charge in [-0.2, -0.15) is 4.31 Å². The van der Waals surface area contributed by atoms with Crippen LogP contribution in [-0.2, 0) is 10.0 Å². The summed E-state index contributed by atoms with van der Waals surface area (Å²) in [5.74, 6) is 0. The van der Waals surface area contributed by atoms with E-state index >= 15 is 0 Å². The Morgan fingerprint density at radius 3 is 2.24 bits per heavy atom. The molecule has 0 N–H and O–H groups in total. The molecule has 0 amide bonds. The van der Waals surface area contributed by atoms with Crippen molar-refractivity contribution in [1.29, 1.82) is 0 Å². The van der Waals surface area contributed by atoms with Gasteiger partial charge in [0.2, 0.25) is 0 Å². The number of sulfonamides is 1. The van der Waals surface area contributed by atoms with Crippen molar-refractivity contribution >= 4 is 21.4 Å². The van der Waals surface area contributed by atoms with Crippen LogP contribution in [0.1, 0.15) is 38.5 Å². The summed E-state index contributed by atoms with van der Waals surface area (Å²) in [6.07, 6.45) is 7.25. The highest BCUT2D eigenvalue weighted by atomic mass is 32.2. The molecule has 2 saturated heterocycles. The van der Waals surface area contributed by atoms with Crippen molar-refractivity contribution in [3.63, 3.8) is 0 Å². The predicted molar refractivity (Wildman–Crippen MR) is 86.1 cm³/mol. The molecule has 2 fully saturated rings. The first kappa shape index (κ1) is 15.5. The minimum absolute atomic E-state index is 0.482. The number of piperidine rings is 1.